The molecule has 0 aliphatic heterocycles. The Kier molecular flexibility index (Phi) is 4.67. The van der Waals surface area contributed by atoms with Gasteiger partial charge in [-0.25, -0.2) is 13.1 Å². The number of hydrogen-bond donors (Lipinski definition) is 2. The lowest BCUT2D eigenvalue weighted by atomic mass is 10.0. The predicted octanol–water partition coefficient (Wildman–Crippen LogP) is 3.30. The minimum Gasteiger partial charge on any atom is -0.322 e. The van der Waals surface area contributed by atoms with Gasteiger partial charge in [-0.15, -0.1) is 0 Å². The number of amides is 1. The zero-order valence-corrected chi connectivity index (χ0v) is 15.4. The Morgan fingerprint density at radius 3 is 2.28 bits per heavy atom. The molecule has 0 bridgehead atoms. The molecule has 25 heavy (non-hydrogen) atoms. The van der Waals surface area contributed by atoms with Gasteiger partial charge in [-0.3, -0.25) is 4.79 Å². The van der Waals surface area contributed by atoms with Crippen molar-refractivity contribution in [3.63, 3.8) is 0 Å². The highest BCUT2D eigenvalue weighted by Gasteiger charge is 2.28. The first-order valence-electron chi connectivity index (χ1n) is 8.28. The van der Waals surface area contributed by atoms with E-state index in [0.29, 0.717) is 5.56 Å². The van der Waals surface area contributed by atoms with Crippen molar-refractivity contribution >= 4 is 21.6 Å². The van der Waals surface area contributed by atoms with Crippen molar-refractivity contribution in [3.05, 3.63) is 58.7 Å². The van der Waals surface area contributed by atoms with Gasteiger partial charge in [0.2, 0.25) is 10.0 Å². The van der Waals surface area contributed by atoms with Gasteiger partial charge < -0.3 is 5.32 Å². The molecular weight excluding hydrogens is 336 g/mol. The quantitative estimate of drug-likeness (QED) is 0.861. The van der Waals surface area contributed by atoms with Gasteiger partial charge in [0.25, 0.3) is 5.91 Å². The van der Waals surface area contributed by atoms with Gasteiger partial charge in [0.05, 0.1) is 4.90 Å². The Balaban J connectivity index is 1.85. The average molecular weight is 358 g/mol. The number of carbonyl (C=O) groups excluding carboxylic acids is 1. The van der Waals surface area contributed by atoms with Crippen LogP contribution in [0.5, 0.6) is 0 Å². The molecular formula is C19H22N2O3S. The molecule has 0 radical (unpaired) electrons. The van der Waals surface area contributed by atoms with Crippen LogP contribution in [0.2, 0.25) is 0 Å². The average Bonchev–Trinajstić information content (AvgIpc) is 3.34. The molecule has 2 N–H and O–H groups in total. The number of carbonyl (C=O) groups is 1. The fourth-order valence-electron chi connectivity index (χ4n) is 2.86. The van der Waals surface area contributed by atoms with E-state index in [-0.39, 0.29) is 16.8 Å². The molecule has 0 saturated heterocycles. The maximum absolute atomic E-state index is 12.6. The van der Waals surface area contributed by atoms with Gasteiger partial charge in [0.1, 0.15) is 0 Å². The number of hydrogen-bond acceptors (Lipinski definition) is 3. The maximum atomic E-state index is 12.6. The summed E-state index contributed by atoms with van der Waals surface area (Å²) < 4.78 is 27.3. The summed E-state index contributed by atoms with van der Waals surface area (Å²) in [6, 6.07) is 10.2. The summed E-state index contributed by atoms with van der Waals surface area (Å²) in [6.45, 7) is 5.89. The highest BCUT2D eigenvalue weighted by atomic mass is 32.2. The van der Waals surface area contributed by atoms with Crippen molar-refractivity contribution in [2.24, 2.45) is 0 Å². The molecule has 3 rings (SSSR count). The SMILES string of the molecule is Cc1cc(C)c(NC(=O)c2cccc(S(=O)(=O)NC3CC3)c2)c(C)c1. The number of sulfonamides is 1. The van der Waals surface area contributed by atoms with Crippen LogP contribution in [0.1, 0.15) is 39.9 Å². The highest BCUT2D eigenvalue weighted by Crippen LogP contribution is 2.24. The van der Waals surface area contributed by atoms with E-state index in [1.54, 1.807) is 12.1 Å². The molecule has 6 heteroatoms. The Morgan fingerprint density at radius 2 is 1.68 bits per heavy atom. The Morgan fingerprint density at radius 1 is 1.04 bits per heavy atom. The van der Waals surface area contributed by atoms with Gasteiger partial charge in [0, 0.05) is 17.3 Å². The summed E-state index contributed by atoms with van der Waals surface area (Å²) in [4.78, 5) is 12.7. The summed E-state index contributed by atoms with van der Waals surface area (Å²) in [5.41, 5.74) is 4.17. The van der Waals surface area contributed by atoms with Crippen LogP contribution in [0, 0.1) is 20.8 Å². The number of rotatable bonds is 5. The molecule has 132 valence electrons. The first kappa shape index (κ1) is 17.6. The molecule has 0 atom stereocenters. The molecule has 0 aromatic heterocycles. The largest absolute Gasteiger partial charge is 0.322 e. The van der Waals surface area contributed by atoms with E-state index in [9.17, 15) is 13.2 Å². The van der Waals surface area contributed by atoms with Crippen molar-refractivity contribution in [1.29, 1.82) is 0 Å². The van der Waals surface area contributed by atoms with E-state index in [4.69, 9.17) is 0 Å². The fraction of sp³-hybridized carbons (Fsp3) is 0.316. The van der Waals surface area contributed by atoms with Gasteiger partial charge in [-0.05, 0) is 62.9 Å². The summed E-state index contributed by atoms with van der Waals surface area (Å²) in [5, 5.41) is 2.90. The second-order valence-electron chi connectivity index (χ2n) is 6.65. The predicted molar refractivity (Wildman–Crippen MR) is 98.4 cm³/mol. The van der Waals surface area contributed by atoms with Crippen LogP contribution in [-0.4, -0.2) is 20.4 Å². The third-order valence-electron chi connectivity index (χ3n) is 4.22. The van der Waals surface area contributed by atoms with E-state index in [1.165, 1.54) is 12.1 Å². The molecule has 1 aliphatic carbocycles. The van der Waals surface area contributed by atoms with Crippen LogP contribution >= 0.6 is 0 Å². The maximum Gasteiger partial charge on any atom is 0.255 e. The Labute approximate surface area is 148 Å². The zero-order chi connectivity index (χ0) is 18.2. The van der Waals surface area contributed by atoms with Gasteiger partial charge in [-0.1, -0.05) is 23.8 Å². The van der Waals surface area contributed by atoms with Crippen molar-refractivity contribution in [1.82, 2.24) is 4.72 Å². The summed E-state index contributed by atoms with van der Waals surface area (Å²) >= 11 is 0. The molecule has 1 aliphatic rings. The second kappa shape index (κ2) is 6.61. The lowest BCUT2D eigenvalue weighted by molar-refractivity contribution is 0.102. The summed E-state index contributed by atoms with van der Waals surface area (Å²) in [6.07, 6.45) is 1.73. The van der Waals surface area contributed by atoms with E-state index < -0.39 is 10.0 Å². The minimum absolute atomic E-state index is 0.0281. The lowest BCUT2D eigenvalue weighted by Crippen LogP contribution is -2.26. The van der Waals surface area contributed by atoms with Crippen molar-refractivity contribution < 1.29 is 13.2 Å². The number of anilines is 1. The van der Waals surface area contributed by atoms with Crippen molar-refractivity contribution in [3.8, 4) is 0 Å². The van der Waals surface area contributed by atoms with E-state index in [1.807, 2.05) is 32.9 Å². The monoisotopic (exact) mass is 358 g/mol. The number of nitrogens with one attached hydrogen (secondary N) is 2. The summed E-state index contributed by atoms with van der Waals surface area (Å²) in [7, 11) is -3.58. The van der Waals surface area contributed by atoms with Crippen LogP contribution in [0.4, 0.5) is 5.69 Å². The van der Waals surface area contributed by atoms with Crippen LogP contribution in [-0.2, 0) is 10.0 Å². The third-order valence-corrected chi connectivity index (χ3v) is 5.74. The van der Waals surface area contributed by atoms with E-state index in [0.717, 1.165) is 35.2 Å². The smallest absolute Gasteiger partial charge is 0.255 e. The van der Waals surface area contributed by atoms with Crippen LogP contribution in [0.15, 0.2) is 41.3 Å². The van der Waals surface area contributed by atoms with Gasteiger partial charge in [-0.2, -0.15) is 0 Å². The number of aryl methyl sites for hydroxylation is 3. The van der Waals surface area contributed by atoms with E-state index in [2.05, 4.69) is 10.0 Å². The van der Waals surface area contributed by atoms with Crippen LogP contribution in [0.25, 0.3) is 0 Å². The first-order chi connectivity index (χ1) is 11.8. The molecule has 1 saturated carbocycles. The fourth-order valence-corrected chi connectivity index (χ4v) is 4.21. The summed E-state index contributed by atoms with van der Waals surface area (Å²) in [5.74, 6) is -0.321. The molecule has 5 nitrogen and oxygen atoms in total. The molecule has 1 fully saturated rings. The molecule has 2 aromatic carbocycles. The standard InChI is InChI=1S/C19H22N2O3S/c1-12-9-13(2)18(14(3)10-12)20-19(22)15-5-4-6-17(11-15)25(23,24)21-16-7-8-16/h4-6,9-11,16,21H,7-8H2,1-3H3,(H,20,22). The minimum atomic E-state index is -3.58. The Hall–Kier alpha value is -2.18. The van der Waals surface area contributed by atoms with Crippen molar-refractivity contribution in [2.75, 3.05) is 5.32 Å². The topological polar surface area (TPSA) is 75.3 Å². The zero-order valence-electron chi connectivity index (χ0n) is 14.6. The lowest BCUT2D eigenvalue weighted by Gasteiger charge is -2.13. The van der Waals surface area contributed by atoms with E-state index >= 15 is 0 Å². The first-order valence-corrected chi connectivity index (χ1v) is 9.76. The van der Waals surface area contributed by atoms with Crippen molar-refractivity contribution in [2.45, 2.75) is 44.6 Å². The Bertz CT molecular complexity index is 908. The van der Waals surface area contributed by atoms with Gasteiger partial charge in [0.15, 0.2) is 0 Å². The molecule has 1 amide bonds. The van der Waals surface area contributed by atoms with Crippen LogP contribution in [0.3, 0.4) is 0 Å². The molecule has 2 aromatic rings. The highest BCUT2D eigenvalue weighted by molar-refractivity contribution is 7.89. The third kappa shape index (κ3) is 4.08. The van der Waals surface area contributed by atoms with Crippen LogP contribution < -0.4 is 10.0 Å². The normalized spacial score (nSPS) is 14.4. The molecule has 0 heterocycles. The molecule has 0 unspecified atom stereocenters. The molecule has 0 spiro atoms. The van der Waals surface area contributed by atoms with Gasteiger partial charge >= 0.3 is 0 Å². The second-order valence-corrected chi connectivity index (χ2v) is 8.37. The number of benzene rings is 2.